The molecule has 7 atom stereocenters. The first kappa shape index (κ1) is 50.0. The number of hydrogen-bond donors (Lipinski definition) is 3. The number of aromatic nitrogens is 2. The van der Waals surface area contributed by atoms with Crippen molar-refractivity contribution in [3.63, 3.8) is 0 Å². The van der Waals surface area contributed by atoms with Gasteiger partial charge < -0.3 is 24.3 Å². The number of halogens is 1. The molecule has 6 fully saturated rings. The first-order valence-corrected chi connectivity index (χ1v) is 27.4. The molecule has 4 aromatic rings. The molecule has 2 aromatic heterocycles. The Morgan fingerprint density at radius 2 is 1.78 bits per heavy atom. The number of hydrogen-bond acceptors (Lipinski definition) is 10. The van der Waals surface area contributed by atoms with Gasteiger partial charge in [0.1, 0.15) is 24.8 Å². The SMILES string of the molecule is CCn1c(-c2cccnc2[C@H](C)OC)c2c3cc(ccc31)-c1cc(CF)cc(c1)C[C@H](NC(=O)[C@H](C1CCCC1)N1CC[C@]3(CCN(C(=O)[C@@H]4N[C@@H]4C4CC4)C3)C1)C(=O)N1CCC[C@H](N1)C(=O)OCC(C)(C)C2. The number of nitrogens with one attached hydrogen (secondary N) is 3. The van der Waals surface area contributed by atoms with Crippen LogP contribution < -0.4 is 16.1 Å². The van der Waals surface area contributed by atoms with Crippen molar-refractivity contribution in [3.8, 4) is 22.4 Å². The highest BCUT2D eigenvalue weighted by atomic mass is 19.1. The number of hydrazine groups is 1. The van der Waals surface area contributed by atoms with Crippen LogP contribution in [0.1, 0.15) is 120 Å². The molecule has 5 aliphatic heterocycles. The van der Waals surface area contributed by atoms with E-state index in [1.807, 2.05) is 31.2 Å². The molecule has 4 saturated heterocycles. The second-order valence-electron chi connectivity index (χ2n) is 23.5. The van der Waals surface area contributed by atoms with Gasteiger partial charge in [-0.3, -0.25) is 39.4 Å². The zero-order valence-corrected chi connectivity index (χ0v) is 43.5. The maximum atomic E-state index is 15.2. The van der Waals surface area contributed by atoms with Gasteiger partial charge in [-0.05, 0) is 148 Å². The fourth-order valence-corrected chi connectivity index (χ4v) is 13.5. The molecule has 0 unspecified atom stereocenters. The van der Waals surface area contributed by atoms with E-state index in [0.29, 0.717) is 56.4 Å². The molecule has 73 heavy (non-hydrogen) atoms. The van der Waals surface area contributed by atoms with Crippen molar-refractivity contribution in [3.05, 3.63) is 77.1 Å². The minimum Gasteiger partial charge on any atom is -0.464 e. The second kappa shape index (κ2) is 20.1. The number of methoxy groups -OCH3 is 1. The van der Waals surface area contributed by atoms with Crippen LogP contribution in [0.15, 0.2) is 54.7 Å². The van der Waals surface area contributed by atoms with Crippen molar-refractivity contribution in [2.45, 2.75) is 154 Å². The van der Waals surface area contributed by atoms with Gasteiger partial charge in [-0.25, -0.2) is 9.82 Å². The fourth-order valence-electron chi connectivity index (χ4n) is 13.5. The summed E-state index contributed by atoms with van der Waals surface area (Å²) in [4.78, 5) is 67.4. The Morgan fingerprint density at radius 3 is 2.55 bits per heavy atom. The summed E-state index contributed by atoms with van der Waals surface area (Å²) < 4.78 is 29.5. The van der Waals surface area contributed by atoms with Crippen molar-refractivity contribution >= 4 is 34.6 Å². The molecule has 2 saturated carbocycles. The Balaban J connectivity index is 0.943. The van der Waals surface area contributed by atoms with Crippen LogP contribution >= 0.6 is 0 Å². The average Bonchev–Trinajstić information content (AvgIpc) is 4.21. The van der Waals surface area contributed by atoms with Crippen LogP contribution in [0.25, 0.3) is 33.3 Å². The van der Waals surface area contributed by atoms with Crippen LogP contribution in [-0.4, -0.2) is 125 Å². The minimum absolute atomic E-state index is 0.0443. The zero-order valence-electron chi connectivity index (χ0n) is 43.5. The number of cyclic esters (lactones) is 1. The van der Waals surface area contributed by atoms with Gasteiger partial charge in [-0.1, -0.05) is 44.9 Å². The molecule has 7 heterocycles. The highest BCUT2D eigenvalue weighted by Gasteiger charge is 2.55. The number of rotatable bonds is 11. The van der Waals surface area contributed by atoms with Crippen LogP contribution in [-0.2, 0) is 54.7 Å². The summed E-state index contributed by atoms with van der Waals surface area (Å²) >= 11 is 0. The summed E-state index contributed by atoms with van der Waals surface area (Å²) in [5, 5.41) is 9.31. The third kappa shape index (κ3) is 9.96. The predicted octanol–water partition coefficient (Wildman–Crippen LogP) is 7.45. The van der Waals surface area contributed by atoms with Gasteiger partial charge in [0.15, 0.2) is 0 Å². The van der Waals surface area contributed by atoms with Crippen LogP contribution in [0.2, 0.25) is 0 Å². The number of carbonyl (C=O) groups is 4. The molecule has 14 nitrogen and oxygen atoms in total. The topological polar surface area (TPSA) is 160 Å². The third-order valence-corrected chi connectivity index (χ3v) is 17.7. The Morgan fingerprint density at radius 1 is 0.973 bits per heavy atom. The second-order valence-corrected chi connectivity index (χ2v) is 23.5. The van der Waals surface area contributed by atoms with Crippen molar-refractivity contribution in [1.29, 1.82) is 0 Å². The summed E-state index contributed by atoms with van der Waals surface area (Å²) in [5.41, 5.74) is 10.5. The normalized spacial score (nSPS) is 27.6. The summed E-state index contributed by atoms with van der Waals surface area (Å²) in [6.07, 6.45) is 11.5. The number of alkyl halides is 1. The minimum atomic E-state index is -1.01. The number of likely N-dealkylation sites (tertiary alicyclic amines) is 2. The molecule has 7 aliphatic rings. The average molecular weight is 999 g/mol. The maximum absolute atomic E-state index is 15.2. The predicted molar refractivity (Wildman–Crippen MR) is 277 cm³/mol. The fraction of sp³-hybridized carbons (Fsp3) is 0.603. The Kier molecular flexibility index (Phi) is 13.8. The van der Waals surface area contributed by atoms with Crippen LogP contribution in [0.3, 0.4) is 0 Å². The Bertz CT molecular complexity index is 2770. The van der Waals surface area contributed by atoms with Gasteiger partial charge in [0.25, 0.3) is 5.91 Å². The lowest BCUT2D eigenvalue weighted by Crippen LogP contribution is -2.62. The van der Waals surface area contributed by atoms with Crippen molar-refractivity contribution in [2.75, 3.05) is 46.4 Å². The van der Waals surface area contributed by atoms with Gasteiger partial charge in [0, 0.05) is 85.8 Å². The van der Waals surface area contributed by atoms with Gasteiger partial charge in [-0.15, -0.1) is 0 Å². The molecule has 390 valence electrons. The summed E-state index contributed by atoms with van der Waals surface area (Å²) in [5.74, 6) is 0.0645. The standard InChI is InChI=1S/C58H75FN8O6/c1-6-66-47-18-17-40-29-43(47)44(52(66)42-13-9-21-60-48(42)35(2)72-5)30-57(3,4)34-73-56(71)45-14-10-22-67(63-45)54(69)46(28-36-25-37(31-59)27-41(40)26-36)61-53(68)51(39-11-7-8-12-39)64-23-19-58(32-64)20-24-65(33-58)55(70)50-49(62-50)38-15-16-38/h9,13,17-18,21,25-27,29,35,38-39,45-46,49-51,62-63H,6-8,10-12,14-16,19-20,22-24,28,30-34H2,1-5H3,(H,61,68)/t35-,45-,46-,49+,50+,51-,58-/m0/s1. The van der Waals surface area contributed by atoms with Gasteiger partial charge >= 0.3 is 5.97 Å². The highest BCUT2D eigenvalue weighted by molar-refractivity contribution is 5.96. The number of ether oxygens (including phenoxy) is 2. The van der Waals surface area contributed by atoms with Crippen LogP contribution in [0, 0.1) is 22.7 Å². The number of carbonyl (C=O) groups excluding carboxylic acids is 4. The molecular formula is C58H75FN8O6. The number of pyridine rings is 1. The van der Waals surface area contributed by atoms with E-state index in [0.717, 1.165) is 108 Å². The van der Waals surface area contributed by atoms with Crippen molar-refractivity contribution < 1.29 is 33.0 Å². The zero-order chi connectivity index (χ0) is 50.8. The molecule has 3 N–H and O–H groups in total. The van der Waals surface area contributed by atoms with E-state index in [9.17, 15) is 9.59 Å². The lowest BCUT2D eigenvalue weighted by Gasteiger charge is -2.37. The number of aryl methyl sites for hydroxylation is 1. The summed E-state index contributed by atoms with van der Waals surface area (Å²) in [6.45, 7) is 11.8. The highest BCUT2D eigenvalue weighted by Crippen LogP contribution is 2.46. The largest absolute Gasteiger partial charge is 0.464 e. The number of amides is 3. The third-order valence-electron chi connectivity index (χ3n) is 17.7. The Labute approximate surface area is 429 Å². The molecule has 0 radical (unpaired) electrons. The lowest BCUT2D eigenvalue weighted by molar-refractivity contribution is -0.155. The molecule has 3 amide bonds. The first-order chi connectivity index (χ1) is 35.3. The smallest absolute Gasteiger partial charge is 0.324 e. The summed E-state index contributed by atoms with van der Waals surface area (Å²) in [7, 11) is 1.69. The van der Waals surface area contributed by atoms with E-state index >= 15 is 14.0 Å². The summed E-state index contributed by atoms with van der Waals surface area (Å²) in [6, 6.07) is 14.3. The van der Waals surface area contributed by atoms with Gasteiger partial charge in [-0.2, -0.15) is 0 Å². The van der Waals surface area contributed by atoms with Crippen LogP contribution in [0.5, 0.6) is 0 Å². The number of nitrogens with zero attached hydrogens (tertiary/aromatic N) is 5. The number of esters is 1. The van der Waals surface area contributed by atoms with E-state index in [4.69, 9.17) is 14.5 Å². The molecule has 11 rings (SSSR count). The van der Waals surface area contributed by atoms with Crippen molar-refractivity contribution in [2.24, 2.45) is 22.7 Å². The Hall–Kier alpha value is -5.22. The molecule has 15 heteroatoms. The van der Waals surface area contributed by atoms with Gasteiger partial charge in [0.05, 0.1) is 30.1 Å². The molecular weight excluding hydrogens is 924 g/mol. The number of benzene rings is 2. The van der Waals surface area contributed by atoms with Gasteiger partial charge in [0.2, 0.25) is 11.8 Å². The molecule has 6 bridgehead atoms. The molecule has 2 aromatic carbocycles. The lowest BCUT2D eigenvalue weighted by atomic mass is 9.84. The quantitative estimate of drug-likeness (QED) is 0.102. The first-order valence-electron chi connectivity index (χ1n) is 27.4. The van der Waals surface area contributed by atoms with E-state index in [1.54, 1.807) is 13.3 Å². The number of fused-ring (bicyclic) bond motifs is 6. The molecule has 1 spiro atoms. The van der Waals surface area contributed by atoms with Crippen LogP contribution in [0.4, 0.5) is 4.39 Å². The van der Waals surface area contributed by atoms with Crippen molar-refractivity contribution in [1.82, 2.24) is 40.4 Å². The van der Waals surface area contributed by atoms with E-state index in [1.165, 1.54) is 17.9 Å². The maximum Gasteiger partial charge on any atom is 0.324 e. The van der Waals surface area contributed by atoms with E-state index in [-0.39, 0.29) is 54.2 Å². The van der Waals surface area contributed by atoms with E-state index < -0.39 is 36.2 Å². The molecule has 2 aliphatic carbocycles. The monoisotopic (exact) mass is 999 g/mol. The van der Waals surface area contributed by atoms with E-state index in [2.05, 4.69) is 75.5 Å².